The molecule has 1 aromatic carbocycles. The maximum Gasteiger partial charge on any atom is 0.119 e. The Labute approximate surface area is 95.2 Å². The van der Waals surface area contributed by atoms with Gasteiger partial charge in [0.25, 0.3) is 0 Å². The summed E-state index contributed by atoms with van der Waals surface area (Å²) in [4.78, 5) is 1.40. The second kappa shape index (κ2) is 4.90. The summed E-state index contributed by atoms with van der Waals surface area (Å²) < 4.78 is 5.25. The van der Waals surface area contributed by atoms with Crippen molar-refractivity contribution in [3.8, 4) is 5.75 Å². The topological polar surface area (TPSA) is 35.2 Å². The van der Waals surface area contributed by atoms with Crippen molar-refractivity contribution in [2.75, 3.05) is 19.4 Å². The number of ether oxygens (including phenoxy) is 1. The van der Waals surface area contributed by atoms with E-state index in [1.54, 1.807) is 7.11 Å². The molecule has 2 N–H and O–H groups in total. The molecular formula is C12H17NOS. The molecule has 1 aliphatic heterocycles. The highest BCUT2D eigenvalue weighted by atomic mass is 32.2. The SMILES string of the molecule is COc1ccc2c(c1)CC(CN)CCS2. The van der Waals surface area contributed by atoms with E-state index in [9.17, 15) is 0 Å². The van der Waals surface area contributed by atoms with Gasteiger partial charge in [0, 0.05) is 4.90 Å². The zero-order valence-electron chi connectivity index (χ0n) is 9.03. The molecule has 3 heteroatoms. The van der Waals surface area contributed by atoms with Gasteiger partial charge in [-0.15, -0.1) is 11.8 Å². The molecule has 1 heterocycles. The number of hydrogen-bond acceptors (Lipinski definition) is 3. The van der Waals surface area contributed by atoms with E-state index in [-0.39, 0.29) is 0 Å². The van der Waals surface area contributed by atoms with Crippen LogP contribution in [0.4, 0.5) is 0 Å². The summed E-state index contributed by atoms with van der Waals surface area (Å²) in [5.74, 6) is 2.76. The van der Waals surface area contributed by atoms with Gasteiger partial charge in [0.15, 0.2) is 0 Å². The van der Waals surface area contributed by atoms with Crippen LogP contribution in [-0.4, -0.2) is 19.4 Å². The van der Waals surface area contributed by atoms with Crippen LogP contribution in [0.3, 0.4) is 0 Å². The monoisotopic (exact) mass is 223 g/mol. The largest absolute Gasteiger partial charge is 0.497 e. The lowest BCUT2D eigenvalue weighted by atomic mass is 9.97. The Morgan fingerprint density at radius 3 is 3.13 bits per heavy atom. The summed E-state index contributed by atoms with van der Waals surface area (Å²) in [6.45, 7) is 0.789. The minimum absolute atomic E-state index is 0.630. The van der Waals surface area contributed by atoms with Crippen molar-refractivity contribution in [1.29, 1.82) is 0 Å². The molecule has 0 aromatic heterocycles. The number of rotatable bonds is 2. The Morgan fingerprint density at radius 2 is 2.40 bits per heavy atom. The van der Waals surface area contributed by atoms with Gasteiger partial charge in [0.2, 0.25) is 0 Å². The molecule has 1 aromatic rings. The number of methoxy groups -OCH3 is 1. The van der Waals surface area contributed by atoms with Crippen LogP contribution in [0.25, 0.3) is 0 Å². The first-order valence-electron chi connectivity index (χ1n) is 5.33. The van der Waals surface area contributed by atoms with Gasteiger partial charge in [-0.2, -0.15) is 0 Å². The van der Waals surface area contributed by atoms with E-state index in [0.717, 1.165) is 18.7 Å². The van der Waals surface area contributed by atoms with Gasteiger partial charge >= 0.3 is 0 Å². The van der Waals surface area contributed by atoms with Crippen LogP contribution in [0.5, 0.6) is 5.75 Å². The highest BCUT2D eigenvalue weighted by Gasteiger charge is 2.16. The molecule has 0 bridgehead atoms. The molecule has 1 aliphatic rings. The number of thioether (sulfide) groups is 1. The Kier molecular flexibility index (Phi) is 3.54. The third kappa shape index (κ3) is 2.47. The highest BCUT2D eigenvalue weighted by molar-refractivity contribution is 7.99. The summed E-state index contributed by atoms with van der Waals surface area (Å²) >= 11 is 1.94. The molecule has 0 saturated carbocycles. The summed E-state index contributed by atoms with van der Waals surface area (Å²) in [7, 11) is 1.71. The zero-order valence-corrected chi connectivity index (χ0v) is 9.85. The highest BCUT2D eigenvalue weighted by Crippen LogP contribution is 2.33. The van der Waals surface area contributed by atoms with Crippen molar-refractivity contribution in [1.82, 2.24) is 0 Å². The number of benzene rings is 1. The standard InChI is InChI=1S/C12H17NOS/c1-14-11-2-3-12-10(7-11)6-9(8-13)4-5-15-12/h2-3,7,9H,4-6,8,13H2,1H3. The molecule has 0 radical (unpaired) electrons. The average Bonchev–Trinajstić information content (AvgIpc) is 2.49. The van der Waals surface area contributed by atoms with Crippen molar-refractivity contribution in [2.24, 2.45) is 11.7 Å². The fourth-order valence-corrected chi connectivity index (χ4v) is 3.10. The van der Waals surface area contributed by atoms with Crippen LogP contribution in [0, 0.1) is 5.92 Å². The average molecular weight is 223 g/mol. The van der Waals surface area contributed by atoms with Gasteiger partial charge in [0.05, 0.1) is 7.11 Å². The number of fused-ring (bicyclic) bond motifs is 1. The van der Waals surface area contributed by atoms with Gasteiger partial charge in [0.1, 0.15) is 5.75 Å². The molecule has 0 aliphatic carbocycles. The first kappa shape index (κ1) is 10.8. The maximum absolute atomic E-state index is 5.76. The third-order valence-electron chi connectivity index (χ3n) is 2.89. The van der Waals surface area contributed by atoms with Crippen LogP contribution in [0.1, 0.15) is 12.0 Å². The van der Waals surface area contributed by atoms with E-state index in [0.29, 0.717) is 5.92 Å². The maximum atomic E-state index is 5.76. The smallest absolute Gasteiger partial charge is 0.119 e. The van der Waals surface area contributed by atoms with Crippen molar-refractivity contribution in [2.45, 2.75) is 17.7 Å². The molecule has 0 amide bonds. The Hall–Kier alpha value is -0.670. The van der Waals surface area contributed by atoms with Crippen molar-refractivity contribution in [3.05, 3.63) is 23.8 Å². The predicted molar refractivity (Wildman–Crippen MR) is 64.6 cm³/mol. The fraction of sp³-hybridized carbons (Fsp3) is 0.500. The molecule has 0 saturated heterocycles. The second-order valence-corrected chi connectivity index (χ2v) is 5.05. The minimum Gasteiger partial charge on any atom is -0.497 e. The molecule has 82 valence electrons. The number of hydrogen-bond donors (Lipinski definition) is 1. The van der Waals surface area contributed by atoms with Gasteiger partial charge in [-0.3, -0.25) is 0 Å². The molecule has 0 spiro atoms. The third-order valence-corrected chi connectivity index (χ3v) is 4.04. The van der Waals surface area contributed by atoms with Gasteiger partial charge in [-0.25, -0.2) is 0 Å². The van der Waals surface area contributed by atoms with Crippen molar-refractivity contribution in [3.63, 3.8) is 0 Å². The van der Waals surface area contributed by atoms with E-state index >= 15 is 0 Å². The Bertz CT molecular complexity index is 340. The number of nitrogens with two attached hydrogens (primary N) is 1. The Morgan fingerprint density at radius 1 is 1.53 bits per heavy atom. The van der Waals surface area contributed by atoms with Crippen LogP contribution < -0.4 is 10.5 Å². The molecular weight excluding hydrogens is 206 g/mol. The van der Waals surface area contributed by atoms with Crippen molar-refractivity contribution >= 4 is 11.8 Å². The molecule has 1 atom stereocenters. The predicted octanol–water partition coefficient (Wildman–Crippen LogP) is 2.31. The van der Waals surface area contributed by atoms with E-state index in [1.807, 2.05) is 17.8 Å². The van der Waals surface area contributed by atoms with Crippen LogP contribution >= 0.6 is 11.8 Å². The molecule has 15 heavy (non-hydrogen) atoms. The normalized spacial score (nSPS) is 20.5. The summed E-state index contributed by atoms with van der Waals surface area (Å²) in [6.07, 6.45) is 2.31. The lowest BCUT2D eigenvalue weighted by molar-refractivity contribution is 0.413. The quantitative estimate of drug-likeness (QED) is 0.835. The van der Waals surface area contributed by atoms with E-state index in [4.69, 9.17) is 10.5 Å². The van der Waals surface area contributed by atoms with E-state index < -0.39 is 0 Å². The van der Waals surface area contributed by atoms with E-state index in [1.165, 1.54) is 22.6 Å². The summed E-state index contributed by atoms with van der Waals surface area (Å²) in [6, 6.07) is 6.35. The van der Waals surface area contributed by atoms with Crippen LogP contribution in [0.15, 0.2) is 23.1 Å². The minimum atomic E-state index is 0.630. The first-order valence-corrected chi connectivity index (χ1v) is 6.32. The molecule has 2 rings (SSSR count). The summed E-state index contributed by atoms with van der Waals surface area (Å²) in [5.41, 5.74) is 7.16. The van der Waals surface area contributed by atoms with Crippen molar-refractivity contribution < 1.29 is 4.74 Å². The van der Waals surface area contributed by atoms with Gasteiger partial charge in [-0.05, 0) is 54.8 Å². The summed E-state index contributed by atoms with van der Waals surface area (Å²) in [5, 5.41) is 0. The van der Waals surface area contributed by atoms with E-state index in [2.05, 4.69) is 12.1 Å². The fourth-order valence-electron chi connectivity index (χ4n) is 1.93. The molecule has 1 unspecified atom stereocenters. The molecule has 0 fully saturated rings. The van der Waals surface area contributed by atoms with Crippen LogP contribution in [0.2, 0.25) is 0 Å². The second-order valence-electron chi connectivity index (χ2n) is 3.92. The molecule has 2 nitrogen and oxygen atoms in total. The zero-order chi connectivity index (χ0) is 10.7. The lowest BCUT2D eigenvalue weighted by Crippen LogP contribution is -2.16. The first-order chi connectivity index (χ1) is 7.33. The van der Waals surface area contributed by atoms with Gasteiger partial charge < -0.3 is 10.5 Å². The van der Waals surface area contributed by atoms with Gasteiger partial charge in [-0.1, -0.05) is 0 Å². The van der Waals surface area contributed by atoms with Crippen LogP contribution in [-0.2, 0) is 6.42 Å². The Balaban J connectivity index is 2.27. The lowest BCUT2D eigenvalue weighted by Gasteiger charge is -2.11.